The predicted octanol–water partition coefficient (Wildman–Crippen LogP) is 1.82. The van der Waals surface area contributed by atoms with Crippen molar-refractivity contribution in [3.8, 4) is 0 Å². The summed E-state index contributed by atoms with van der Waals surface area (Å²) in [4.78, 5) is 13.5. The maximum Gasteiger partial charge on any atom is 0.224 e. The zero-order valence-corrected chi connectivity index (χ0v) is 16.1. The van der Waals surface area contributed by atoms with Gasteiger partial charge in [0.15, 0.2) is 9.84 Å². The molecule has 1 fully saturated rings. The minimum Gasteiger partial charge on any atom is -0.355 e. The molecule has 136 valence electrons. The summed E-state index contributed by atoms with van der Waals surface area (Å²) in [5.41, 5.74) is 2.60. The molecule has 2 aromatic rings. The summed E-state index contributed by atoms with van der Waals surface area (Å²) >= 11 is 1.69. The van der Waals surface area contributed by atoms with Gasteiger partial charge in [-0.2, -0.15) is 5.10 Å². The van der Waals surface area contributed by atoms with Crippen molar-refractivity contribution in [3.05, 3.63) is 39.3 Å². The largest absolute Gasteiger partial charge is 0.355 e. The number of thiophene rings is 1. The Morgan fingerprint density at radius 2 is 2.24 bits per heavy atom. The number of nitrogens with one attached hydrogen (secondary N) is 1. The molecule has 6 nitrogen and oxygen atoms in total. The van der Waals surface area contributed by atoms with Gasteiger partial charge in [0.2, 0.25) is 5.91 Å². The minimum absolute atomic E-state index is 0.0265. The molecule has 0 spiro atoms. The van der Waals surface area contributed by atoms with Crippen LogP contribution in [0.5, 0.6) is 0 Å². The van der Waals surface area contributed by atoms with Gasteiger partial charge >= 0.3 is 0 Å². The first-order valence-electron chi connectivity index (χ1n) is 8.40. The molecule has 1 unspecified atom stereocenters. The number of rotatable bonds is 6. The van der Waals surface area contributed by atoms with Crippen LogP contribution >= 0.6 is 11.3 Å². The lowest BCUT2D eigenvalue weighted by Crippen LogP contribution is -2.27. The summed E-state index contributed by atoms with van der Waals surface area (Å²) in [5.74, 6) is 0.331. The molecule has 0 radical (unpaired) electrons. The van der Waals surface area contributed by atoms with Gasteiger partial charge in [0.1, 0.15) is 0 Å². The van der Waals surface area contributed by atoms with Crippen LogP contribution in [-0.4, -0.2) is 42.2 Å². The van der Waals surface area contributed by atoms with Crippen LogP contribution < -0.4 is 5.32 Å². The number of hydrogen-bond donors (Lipinski definition) is 1. The van der Waals surface area contributed by atoms with Crippen molar-refractivity contribution in [2.24, 2.45) is 0 Å². The summed E-state index contributed by atoms with van der Waals surface area (Å²) in [5, 5.41) is 9.49. The van der Waals surface area contributed by atoms with Crippen molar-refractivity contribution in [2.75, 3.05) is 18.1 Å². The van der Waals surface area contributed by atoms with Crippen LogP contribution in [0.25, 0.3) is 0 Å². The Hall–Kier alpha value is -1.67. The van der Waals surface area contributed by atoms with Crippen molar-refractivity contribution < 1.29 is 13.2 Å². The fourth-order valence-electron chi connectivity index (χ4n) is 3.28. The Bertz CT molecular complexity index is 854. The van der Waals surface area contributed by atoms with E-state index in [0.717, 1.165) is 23.4 Å². The number of aromatic nitrogens is 2. The molecule has 0 aromatic carbocycles. The fourth-order valence-corrected chi connectivity index (χ4v) is 5.68. The highest BCUT2D eigenvalue weighted by atomic mass is 32.2. The van der Waals surface area contributed by atoms with Crippen molar-refractivity contribution in [1.29, 1.82) is 0 Å². The highest BCUT2D eigenvalue weighted by Crippen LogP contribution is 2.26. The number of carbonyl (C=O) groups is 1. The number of hydrogen-bond acceptors (Lipinski definition) is 5. The lowest BCUT2D eigenvalue weighted by molar-refractivity contribution is -0.120. The second-order valence-electron chi connectivity index (χ2n) is 6.51. The molecule has 1 amide bonds. The molecule has 3 rings (SSSR count). The van der Waals surface area contributed by atoms with E-state index in [4.69, 9.17) is 0 Å². The van der Waals surface area contributed by atoms with E-state index in [1.54, 1.807) is 16.0 Å². The van der Waals surface area contributed by atoms with Crippen LogP contribution in [0.4, 0.5) is 0 Å². The minimum atomic E-state index is -2.96. The van der Waals surface area contributed by atoms with Gasteiger partial charge in [-0.05, 0) is 38.1 Å². The van der Waals surface area contributed by atoms with Crippen LogP contribution in [0, 0.1) is 13.8 Å². The van der Waals surface area contributed by atoms with Gasteiger partial charge in [-0.1, -0.05) is 6.07 Å². The third kappa shape index (κ3) is 4.30. The summed E-state index contributed by atoms with van der Waals surface area (Å²) in [7, 11) is -2.96. The lowest BCUT2D eigenvalue weighted by atomic mass is 10.1. The molecule has 1 atom stereocenters. The molecule has 1 N–H and O–H groups in total. The molecule has 0 bridgehead atoms. The highest BCUT2D eigenvalue weighted by molar-refractivity contribution is 7.91. The SMILES string of the molecule is Cc1nn(C2CCS(=O)(=O)C2)c(C)c1CC(=O)NCCc1cccs1. The van der Waals surface area contributed by atoms with Gasteiger partial charge in [0.25, 0.3) is 0 Å². The Morgan fingerprint density at radius 3 is 2.88 bits per heavy atom. The van der Waals surface area contributed by atoms with E-state index < -0.39 is 9.84 Å². The van der Waals surface area contributed by atoms with Crippen molar-refractivity contribution >= 4 is 27.1 Å². The Kier molecular flexibility index (Phi) is 5.29. The zero-order valence-electron chi connectivity index (χ0n) is 14.5. The predicted molar refractivity (Wildman–Crippen MR) is 98.7 cm³/mol. The maximum atomic E-state index is 12.2. The average Bonchev–Trinajstić information content (AvgIpc) is 3.24. The van der Waals surface area contributed by atoms with E-state index >= 15 is 0 Å². The van der Waals surface area contributed by atoms with E-state index in [1.807, 2.05) is 25.3 Å². The fraction of sp³-hybridized carbons (Fsp3) is 0.529. The third-order valence-corrected chi connectivity index (χ3v) is 7.33. The molecule has 0 aliphatic carbocycles. The molecule has 3 heterocycles. The highest BCUT2D eigenvalue weighted by Gasteiger charge is 2.31. The van der Waals surface area contributed by atoms with E-state index in [0.29, 0.717) is 13.0 Å². The van der Waals surface area contributed by atoms with Gasteiger partial charge < -0.3 is 5.32 Å². The first-order valence-corrected chi connectivity index (χ1v) is 11.1. The van der Waals surface area contributed by atoms with E-state index in [9.17, 15) is 13.2 Å². The standard InChI is InChI=1S/C17H23N3O3S2/c1-12-16(10-17(21)18-7-5-15-4-3-8-24-15)13(2)20(19-12)14-6-9-25(22,23)11-14/h3-4,8,14H,5-7,9-11H2,1-2H3,(H,18,21). The normalized spacial score (nSPS) is 19.2. The Labute approximate surface area is 152 Å². The number of nitrogens with zero attached hydrogens (tertiary/aromatic N) is 2. The van der Waals surface area contributed by atoms with Crippen molar-refractivity contribution in [1.82, 2.24) is 15.1 Å². The van der Waals surface area contributed by atoms with E-state index in [1.165, 1.54) is 4.88 Å². The molecule has 2 aromatic heterocycles. The van der Waals surface area contributed by atoms with Crippen LogP contribution in [0.2, 0.25) is 0 Å². The molecule has 1 aliphatic heterocycles. The number of aryl methyl sites for hydroxylation is 1. The van der Waals surface area contributed by atoms with Crippen molar-refractivity contribution in [2.45, 2.75) is 39.2 Å². The average molecular weight is 382 g/mol. The summed E-state index contributed by atoms with van der Waals surface area (Å²) < 4.78 is 25.2. The smallest absolute Gasteiger partial charge is 0.224 e. The van der Waals surface area contributed by atoms with Gasteiger partial charge in [-0.3, -0.25) is 9.48 Å². The monoisotopic (exact) mass is 381 g/mol. The molecule has 8 heteroatoms. The summed E-state index contributed by atoms with van der Waals surface area (Å²) in [6.45, 7) is 4.41. The molecule has 25 heavy (non-hydrogen) atoms. The second-order valence-corrected chi connectivity index (χ2v) is 9.77. The van der Waals surface area contributed by atoms with Crippen LogP contribution in [0.15, 0.2) is 17.5 Å². The molecular formula is C17H23N3O3S2. The number of carbonyl (C=O) groups excluding carboxylic acids is 1. The van der Waals surface area contributed by atoms with E-state index in [2.05, 4.69) is 16.5 Å². The number of amides is 1. The van der Waals surface area contributed by atoms with Gasteiger partial charge in [0.05, 0.1) is 29.7 Å². The molecule has 1 aliphatic rings. The van der Waals surface area contributed by atoms with Gasteiger partial charge in [0, 0.05) is 22.7 Å². The molecule has 0 saturated carbocycles. The Morgan fingerprint density at radius 1 is 1.44 bits per heavy atom. The molecular weight excluding hydrogens is 358 g/mol. The first-order chi connectivity index (χ1) is 11.9. The van der Waals surface area contributed by atoms with Gasteiger partial charge in [-0.15, -0.1) is 11.3 Å². The maximum absolute atomic E-state index is 12.2. The van der Waals surface area contributed by atoms with E-state index in [-0.39, 0.29) is 29.9 Å². The summed E-state index contributed by atoms with van der Waals surface area (Å²) in [6, 6.07) is 3.95. The van der Waals surface area contributed by atoms with Gasteiger partial charge in [-0.25, -0.2) is 8.42 Å². The Balaban J connectivity index is 1.61. The van der Waals surface area contributed by atoms with Crippen LogP contribution in [0.1, 0.15) is 34.3 Å². The summed E-state index contributed by atoms with van der Waals surface area (Å²) in [6.07, 6.45) is 1.71. The van der Waals surface area contributed by atoms with Crippen LogP contribution in [0.3, 0.4) is 0 Å². The second kappa shape index (κ2) is 7.29. The first kappa shape index (κ1) is 18.1. The quantitative estimate of drug-likeness (QED) is 0.828. The zero-order chi connectivity index (χ0) is 18.0. The van der Waals surface area contributed by atoms with Crippen molar-refractivity contribution in [3.63, 3.8) is 0 Å². The lowest BCUT2D eigenvalue weighted by Gasteiger charge is -2.11. The topological polar surface area (TPSA) is 81.1 Å². The van der Waals surface area contributed by atoms with Crippen LogP contribution in [-0.2, 0) is 27.5 Å². The number of sulfone groups is 1. The third-order valence-electron chi connectivity index (χ3n) is 4.64. The molecule has 1 saturated heterocycles.